The highest BCUT2D eigenvalue weighted by Crippen LogP contribution is 2.30. The van der Waals surface area contributed by atoms with Gasteiger partial charge in [0.1, 0.15) is 0 Å². The molecule has 4 aromatic rings. The third-order valence-corrected chi connectivity index (χ3v) is 4.98. The highest BCUT2D eigenvalue weighted by atomic mass is 16.1. The molecule has 1 heterocycles. The van der Waals surface area contributed by atoms with E-state index in [0.717, 1.165) is 11.1 Å². The summed E-state index contributed by atoms with van der Waals surface area (Å²) in [6.45, 7) is 2.56. The molecule has 3 aromatic carbocycles. The predicted octanol–water partition coefficient (Wildman–Crippen LogP) is 5.04. The number of fused-ring (bicyclic) bond motifs is 1. The number of nitrogens with one attached hydrogen (secondary N) is 2. The molecule has 0 unspecified atom stereocenters. The lowest BCUT2D eigenvalue weighted by Crippen LogP contribution is -2.28. The summed E-state index contributed by atoms with van der Waals surface area (Å²) >= 11 is 0. The Balaban J connectivity index is 1.63. The molecule has 0 aliphatic rings. The lowest BCUT2D eigenvalue weighted by atomic mass is 9.91. The summed E-state index contributed by atoms with van der Waals surface area (Å²) in [5, 5.41) is 4.31. The van der Waals surface area contributed by atoms with E-state index < -0.39 is 0 Å². The van der Waals surface area contributed by atoms with Crippen LogP contribution >= 0.6 is 0 Å². The minimum absolute atomic E-state index is 0.0456. The molecule has 0 fully saturated rings. The first-order valence-corrected chi connectivity index (χ1v) is 9.18. The van der Waals surface area contributed by atoms with Gasteiger partial charge in [-0.05, 0) is 36.2 Å². The summed E-state index contributed by atoms with van der Waals surface area (Å²) in [7, 11) is 0. The standard InChI is InChI=1S/C24H22N2O/c1-17-11-13-19(14-12-17)24(27)26-15-21(18-7-3-2-4-8-18)22-16-25-23-10-6-5-9-20(22)23/h2-14,16,21,25H,15H2,1H3,(H,26,27)/t21-/m0/s1. The van der Waals surface area contributed by atoms with Crippen molar-refractivity contribution in [2.45, 2.75) is 12.8 Å². The molecular weight excluding hydrogens is 332 g/mol. The Morgan fingerprint density at radius 3 is 2.41 bits per heavy atom. The summed E-state index contributed by atoms with van der Waals surface area (Å²) in [5.74, 6) is 0.0347. The number of aromatic amines is 1. The summed E-state index contributed by atoms with van der Waals surface area (Å²) in [6.07, 6.45) is 2.06. The Bertz CT molecular complexity index is 1050. The number of para-hydroxylation sites is 1. The van der Waals surface area contributed by atoms with Gasteiger partial charge in [0.15, 0.2) is 0 Å². The van der Waals surface area contributed by atoms with Gasteiger partial charge in [-0.2, -0.15) is 0 Å². The van der Waals surface area contributed by atoms with Gasteiger partial charge in [0.05, 0.1) is 0 Å². The van der Waals surface area contributed by atoms with Crippen LogP contribution in [0.15, 0.2) is 85.1 Å². The van der Waals surface area contributed by atoms with Crippen LogP contribution in [0.3, 0.4) is 0 Å². The van der Waals surface area contributed by atoms with Crippen molar-refractivity contribution in [2.75, 3.05) is 6.54 Å². The monoisotopic (exact) mass is 354 g/mol. The number of H-pyrrole nitrogens is 1. The maximum atomic E-state index is 12.6. The Morgan fingerprint density at radius 1 is 0.926 bits per heavy atom. The lowest BCUT2D eigenvalue weighted by Gasteiger charge is -2.18. The van der Waals surface area contributed by atoms with Crippen molar-refractivity contribution in [3.8, 4) is 0 Å². The van der Waals surface area contributed by atoms with Crippen LogP contribution in [0.4, 0.5) is 0 Å². The summed E-state index contributed by atoms with van der Waals surface area (Å²) in [4.78, 5) is 16.0. The first-order valence-electron chi connectivity index (χ1n) is 9.18. The maximum absolute atomic E-state index is 12.6. The highest BCUT2D eigenvalue weighted by Gasteiger charge is 2.19. The Kier molecular flexibility index (Phi) is 4.75. The van der Waals surface area contributed by atoms with Crippen LogP contribution in [0.2, 0.25) is 0 Å². The van der Waals surface area contributed by atoms with Gasteiger partial charge in [-0.15, -0.1) is 0 Å². The van der Waals surface area contributed by atoms with Crippen molar-refractivity contribution in [1.29, 1.82) is 0 Å². The van der Waals surface area contributed by atoms with E-state index >= 15 is 0 Å². The number of hydrogen-bond donors (Lipinski definition) is 2. The molecule has 134 valence electrons. The Morgan fingerprint density at radius 2 is 1.63 bits per heavy atom. The number of carbonyl (C=O) groups excluding carboxylic acids is 1. The van der Waals surface area contributed by atoms with E-state index in [2.05, 4.69) is 40.8 Å². The molecule has 3 heteroatoms. The van der Waals surface area contributed by atoms with Gasteiger partial charge in [0, 0.05) is 35.1 Å². The molecule has 2 N–H and O–H groups in total. The Labute approximate surface area is 159 Å². The second-order valence-corrected chi connectivity index (χ2v) is 6.83. The average Bonchev–Trinajstić information content (AvgIpc) is 3.13. The summed E-state index contributed by atoms with van der Waals surface area (Å²) < 4.78 is 0. The molecule has 0 spiro atoms. The molecule has 0 radical (unpaired) electrons. The zero-order chi connectivity index (χ0) is 18.6. The first kappa shape index (κ1) is 17.1. The molecule has 4 rings (SSSR count). The number of amides is 1. The summed E-state index contributed by atoms with van der Waals surface area (Å²) in [5.41, 5.74) is 5.32. The number of aryl methyl sites for hydroxylation is 1. The zero-order valence-electron chi connectivity index (χ0n) is 15.3. The zero-order valence-corrected chi connectivity index (χ0v) is 15.3. The van der Waals surface area contributed by atoms with Gasteiger partial charge in [0.2, 0.25) is 0 Å². The van der Waals surface area contributed by atoms with Crippen LogP contribution in [0.25, 0.3) is 10.9 Å². The van der Waals surface area contributed by atoms with Gasteiger partial charge in [0.25, 0.3) is 5.91 Å². The van der Waals surface area contributed by atoms with Crippen LogP contribution in [-0.2, 0) is 0 Å². The molecular formula is C24H22N2O. The van der Waals surface area contributed by atoms with E-state index in [-0.39, 0.29) is 11.8 Å². The fourth-order valence-corrected chi connectivity index (χ4v) is 3.48. The van der Waals surface area contributed by atoms with Crippen molar-refractivity contribution < 1.29 is 4.79 Å². The highest BCUT2D eigenvalue weighted by molar-refractivity contribution is 5.94. The minimum Gasteiger partial charge on any atom is -0.361 e. The summed E-state index contributed by atoms with van der Waals surface area (Å²) in [6, 6.07) is 26.3. The van der Waals surface area contributed by atoms with E-state index in [4.69, 9.17) is 0 Å². The molecule has 1 aromatic heterocycles. The number of carbonyl (C=O) groups is 1. The van der Waals surface area contributed by atoms with Crippen molar-refractivity contribution in [3.05, 3.63) is 107 Å². The van der Waals surface area contributed by atoms with Gasteiger partial charge in [-0.25, -0.2) is 0 Å². The van der Waals surface area contributed by atoms with E-state index in [0.29, 0.717) is 12.1 Å². The van der Waals surface area contributed by atoms with Gasteiger partial charge in [-0.3, -0.25) is 4.79 Å². The topological polar surface area (TPSA) is 44.9 Å². The minimum atomic E-state index is -0.0456. The number of hydrogen-bond acceptors (Lipinski definition) is 1. The van der Waals surface area contributed by atoms with Crippen LogP contribution in [0, 0.1) is 6.92 Å². The van der Waals surface area contributed by atoms with Crippen molar-refractivity contribution in [3.63, 3.8) is 0 Å². The molecule has 27 heavy (non-hydrogen) atoms. The van der Waals surface area contributed by atoms with E-state index in [1.165, 1.54) is 16.5 Å². The van der Waals surface area contributed by atoms with Crippen LogP contribution in [0.1, 0.15) is 33.0 Å². The molecule has 3 nitrogen and oxygen atoms in total. The van der Waals surface area contributed by atoms with E-state index in [1.807, 2.05) is 61.5 Å². The molecule has 1 amide bonds. The average molecular weight is 354 g/mol. The van der Waals surface area contributed by atoms with Crippen LogP contribution in [-0.4, -0.2) is 17.4 Å². The lowest BCUT2D eigenvalue weighted by molar-refractivity contribution is 0.0952. The van der Waals surface area contributed by atoms with Crippen molar-refractivity contribution >= 4 is 16.8 Å². The van der Waals surface area contributed by atoms with E-state index in [1.54, 1.807) is 0 Å². The Hall–Kier alpha value is -3.33. The van der Waals surface area contributed by atoms with Crippen LogP contribution in [0.5, 0.6) is 0 Å². The molecule has 0 bridgehead atoms. The molecule has 0 saturated carbocycles. The second kappa shape index (κ2) is 7.50. The fourth-order valence-electron chi connectivity index (χ4n) is 3.48. The molecule has 0 aliphatic heterocycles. The molecule has 0 aliphatic carbocycles. The van der Waals surface area contributed by atoms with Crippen molar-refractivity contribution in [2.24, 2.45) is 0 Å². The SMILES string of the molecule is Cc1ccc(C(=O)NC[C@@H](c2ccccc2)c2c[nH]c3ccccc23)cc1. The van der Waals surface area contributed by atoms with Gasteiger partial charge >= 0.3 is 0 Å². The second-order valence-electron chi connectivity index (χ2n) is 6.83. The third kappa shape index (κ3) is 3.63. The number of benzene rings is 3. The third-order valence-electron chi connectivity index (χ3n) is 4.98. The van der Waals surface area contributed by atoms with Gasteiger partial charge < -0.3 is 10.3 Å². The first-order chi connectivity index (χ1) is 13.2. The van der Waals surface area contributed by atoms with Crippen LogP contribution < -0.4 is 5.32 Å². The number of aromatic nitrogens is 1. The fraction of sp³-hybridized carbons (Fsp3) is 0.125. The quantitative estimate of drug-likeness (QED) is 0.518. The smallest absolute Gasteiger partial charge is 0.251 e. The van der Waals surface area contributed by atoms with Gasteiger partial charge in [-0.1, -0.05) is 66.2 Å². The molecule has 0 saturated heterocycles. The largest absolute Gasteiger partial charge is 0.361 e. The molecule has 1 atom stereocenters. The number of rotatable bonds is 5. The van der Waals surface area contributed by atoms with E-state index in [9.17, 15) is 4.79 Å². The maximum Gasteiger partial charge on any atom is 0.251 e. The van der Waals surface area contributed by atoms with Crippen molar-refractivity contribution in [1.82, 2.24) is 10.3 Å². The normalized spacial score (nSPS) is 12.0. The predicted molar refractivity (Wildman–Crippen MR) is 110 cm³/mol.